The SMILES string of the molecule is CON(C)C(=O)c1ccc(OCc2ccc3ccccc3n2)cc1F. The Bertz CT molecular complexity index is 914. The van der Waals surface area contributed by atoms with Gasteiger partial charge in [0, 0.05) is 18.5 Å². The van der Waals surface area contributed by atoms with Crippen molar-refractivity contribution in [2.45, 2.75) is 6.61 Å². The van der Waals surface area contributed by atoms with E-state index in [1.807, 2.05) is 36.4 Å². The first kappa shape index (κ1) is 16.9. The summed E-state index contributed by atoms with van der Waals surface area (Å²) in [5.74, 6) is -0.912. The van der Waals surface area contributed by atoms with Gasteiger partial charge in [-0.2, -0.15) is 0 Å². The van der Waals surface area contributed by atoms with Crippen LogP contribution in [-0.2, 0) is 11.4 Å². The molecule has 5 nitrogen and oxygen atoms in total. The Morgan fingerprint density at radius 3 is 2.72 bits per heavy atom. The van der Waals surface area contributed by atoms with Crippen LogP contribution < -0.4 is 4.74 Å². The maximum absolute atomic E-state index is 14.1. The number of carbonyl (C=O) groups is 1. The van der Waals surface area contributed by atoms with Gasteiger partial charge in [0.05, 0.1) is 23.9 Å². The lowest BCUT2D eigenvalue weighted by Crippen LogP contribution is -2.26. The van der Waals surface area contributed by atoms with Crippen LogP contribution in [0.2, 0.25) is 0 Å². The molecule has 0 bridgehead atoms. The second-order valence-corrected chi connectivity index (χ2v) is 5.41. The summed E-state index contributed by atoms with van der Waals surface area (Å²) in [5.41, 5.74) is 1.53. The number of nitrogens with zero attached hydrogens (tertiary/aromatic N) is 2. The van der Waals surface area contributed by atoms with Gasteiger partial charge in [0.1, 0.15) is 18.2 Å². The number of fused-ring (bicyclic) bond motifs is 1. The van der Waals surface area contributed by atoms with Gasteiger partial charge in [-0.25, -0.2) is 14.4 Å². The third-order valence-corrected chi connectivity index (χ3v) is 3.77. The number of aromatic nitrogens is 1. The Hall–Kier alpha value is -2.99. The summed E-state index contributed by atoms with van der Waals surface area (Å²) in [6.07, 6.45) is 0. The molecular weight excluding hydrogens is 323 g/mol. The van der Waals surface area contributed by atoms with Gasteiger partial charge in [-0.05, 0) is 24.3 Å². The fourth-order valence-corrected chi connectivity index (χ4v) is 2.36. The highest BCUT2D eigenvalue weighted by Crippen LogP contribution is 2.19. The highest BCUT2D eigenvalue weighted by Gasteiger charge is 2.16. The van der Waals surface area contributed by atoms with Crippen LogP contribution in [0.3, 0.4) is 0 Å². The Labute approximate surface area is 144 Å². The molecule has 6 heteroatoms. The average molecular weight is 340 g/mol. The second-order valence-electron chi connectivity index (χ2n) is 5.41. The zero-order valence-electron chi connectivity index (χ0n) is 13.9. The van der Waals surface area contributed by atoms with Gasteiger partial charge in [0.25, 0.3) is 5.91 Å². The first-order valence-electron chi connectivity index (χ1n) is 7.67. The van der Waals surface area contributed by atoms with Crippen LogP contribution >= 0.6 is 0 Å². The van der Waals surface area contributed by atoms with Gasteiger partial charge in [0.15, 0.2) is 0 Å². The van der Waals surface area contributed by atoms with E-state index in [-0.39, 0.29) is 12.2 Å². The molecule has 1 heterocycles. The van der Waals surface area contributed by atoms with E-state index in [2.05, 4.69) is 4.98 Å². The molecule has 3 aromatic rings. The van der Waals surface area contributed by atoms with Crippen LogP contribution in [0.4, 0.5) is 4.39 Å². The van der Waals surface area contributed by atoms with Crippen LogP contribution in [0.5, 0.6) is 5.75 Å². The zero-order chi connectivity index (χ0) is 17.8. The van der Waals surface area contributed by atoms with Crippen molar-refractivity contribution in [2.24, 2.45) is 0 Å². The van der Waals surface area contributed by atoms with E-state index in [0.29, 0.717) is 5.75 Å². The van der Waals surface area contributed by atoms with Gasteiger partial charge >= 0.3 is 0 Å². The highest BCUT2D eigenvalue weighted by molar-refractivity contribution is 5.93. The Morgan fingerprint density at radius 2 is 1.96 bits per heavy atom. The molecular formula is C19H17FN2O3. The molecule has 0 unspecified atom stereocenters. The summed E-state index contributed by atoms with van der Waals surface area (Å²) >= 11 is 0. The highest BCUT2D eigenvalue weighted by atomic mass is 19.1. The lowest BCUT2D eigenvalue weighted by Gasteiger charge is -2.14. The number of amides is 1. The predicted octanol–water partition coefficient (Wildman–Crippen LogP) is 3.59. The van der Waals surface area contributed by atoms with Crippen LogP contribution in [0.15, 0.2) is 54.6 Å². The van der Waals surface area contributed by atoms with Crippen molar-refractivity contribution in [1.82, 2.24) is 10.0 Å². The third-order valence-electron chi connectivity index (χ3n) is 3.77. The molecule has 0 spiro atoms. The predicted molar refractivity (Wildman–Crippen MR) is 91.6 cm³/mol. The maximum Gasteiger partial charge on any atom is 0.280 e. The molecule has 2 aromatic carbocycles. The summed E-state index contributed by atoms with van der Waals surface area (Å²) in [6, 6.07) is 15.7. The Morgan fingerprint density at radius 1 is 1.16 bits per heavy atom. The molecule has 0 N–H and O–H groups in total. The maximum atomic E-state index is 14.1. The van der Waals surface area contributed by atoms with Gasteiger partial charge in [0.2, 0.25) is 0 Å². The van der Waals surface area contributed by atoms with Crippen molar-refractivity contribution in [3.8, 4) is 5.75 Å². The topological polar surface area (TPSA) is 51.7 Å². The van der Waals surface area contributed by atoms with E-state index < -0.39 is 11.7 Å². The zero-order valence-corrected chi connectivity index (χ0v) is 13.9. The van der Waals surface area contributed by atoms with Gasteiger partial charge in [-0.15, -0.1) is 0 Å². The fraction of sp³-hybridized carbons (Fsp3) is 0.158. The molecule has 1 amide bonds. The van der Waals surface area contributed by atoms with E-state index in [4.69, 9.17) is 9.57 Å². The number of rotatable bonds is 5. The lowest BCUT2D eigenvalue weighted by molar-refractivity contribution is -0.0759. The average Bonchev–Trinajstić information content (AvgIpc) is 2.65. The van der Waals surface area contributed by atoms with Crippen LogP contribution in [0.25, 0.3) is 10.9 Å². The fourth-order valence-electron chi connectivity index (χ4n) is 2.36. The van der Waals surface area contributed by atoms with Crippen molar-refractivity contribution in [2.75, 3.05) is 14.2 Å². The molecule has 0 saturated heterocycles. The minimum absolute atomic E-state index is 0.0828. The minimum atomic E-state index is -0.669. The molecule has 0 atom stereocenters. The summed E-state index contributed by atoms with van der Waals surface area (Å²) in [7, 11) is 2.75. The van der Waals surface area contributed by atoms with Crippen LogP contribution in [-0.4, -0.2) is 30.1 Å². The number of hydrogen-bond acceptors (Lipinski definition) is 4. The molecule has 0 saturated carbocycles. The number of hydrogen-bond donors (Lipinski definition) is 0. The van der Waals surface area contributed by atoms with Crippen LogP contribution in [0, 0.1) is 5.82 Å². The monoisotopic (exact) mass is 340 g/mol. The first-order chi connectivity index (χ1) is 12.1. The number of pyridine rings is 1. The summed E-state index contributed by atoms with van der Waals surface area (Å²) in [5, 5.41) is 2.00. The minimum Gasteiger partial charge on any atom is -0.487 e. The number of hydroxylamine groups is 2. The van der Waals surface area contributed by atoms with Crippen molar-refractivity contribution < 1.29 is 18.8 Å². The normalized spacial score (nSPS) is 10.7. The lowest BCUT2D eigenvalue weighted by atomic mass is 10.2. The molecule has 0 aliphatic heterocycles. The molecule has 0 aliphatic rings. The summed E-state index contributed by atoms with van der Waals surface area (Å²) < 4.78 is 19.7. The van der Waals surface area contributed by atoms with E-state index in [1.165, 1.54) is 26.3 Å². The number of ether oxygens (including phenoxy) is 1. The quantitative estimate of drug-likeness (QED) is 0.666. The number of halogens is 1. The largest absolute Gasteiger partial charge is 0.487 e. The Balaban J connectivity index is 1.72. The molecule has 1 aromatic heterocycles. The molecule has 0 aliphatic carbocycles. The van der Waals surface area contributed by atoms with E-state index in [9.17, 15) is 9.18 Å². The first-order valence-corrected chi connectivity index (χ1v) is 7.67. The number of benzene rings is 2. The molecule has 0 radical (unpaired) electrons. The smallest absolute Gasteiger partial charge is 0.280 e. The molecule has 3 rings (SSSR count). The molecule has 128 valence electrons. The van der Waals surface area contributed by atoms with E-state index in [1.54, 1.807) is 6.07 Å². The van der Waals surface area contributed by atoms with E-state index in [0.717, 1.165) is 21.7 Å². The van der Waals surface area contributed by atoms with Crippen molar-refractivity contribution in [1.29, 1.82) is 0 Å². The molecule has 25 heavy (non-hydrogen) atoms. The van der Waals surface area contributed by atoms with Gasteiger partial charge < -0.3 is 4.74 Å². The van der Waals surface area contributed by atoms with Crippen molar-refractivity contribution in [3.05, 3.63) is 71.7 Å². The van der Waals surface area contributed by atoms with Gasteiger partial charge in [-0.3, -0.25) is 9.63 Å². The van der Waals surface area contributed by atoms with Crippen molar-refractivity contribution in [3.63, 3.8) is 0 Å². The molecule has 0 fully saturated rings. The number of para-hydroxylation sites is 1. The standard InChI is InChI=1S/C19H17FN2O3/c1-22(24-2)19(23)16-10-9-15(11-17(16)20)25-12-14-8-7-13-5-3-4-6-18(13)21-14/h3-11H,12H2,1-2H3. The summed E-state index contributed by atoms with van der Waals surface area (Å²) in [6.45, 7) is 0.204. The Kier molecular flexibility index (Phi) is 4.90. The van der Waals surface area contributed by atoms with Crippen LogP contribution in [0.1, 0.15) is 16.1 Å². The van der Waals surface area contributed by atoms with Gasteiger partial charge in [-0.1, -0.05) is 24.3 Å². The third kappa shape index (κ3) is 3.75. The number of carbonyl (C=O) groups excluding carboxylic acids is 1. The second kappa shape index (κ2) is 7.27. The van der Waals surface area contributed by atoms with E-state index >= 15 is 0 Å². The van der Waals surface area contributed by atoms with Crippen molar-refractivity contribution >= 4 is 16.8 Å². The summed E-state index contributed by atoms with van der Waals surface area (Å²) in [4.78, 5) is 21.2.